The number of nitrogens with one attached hydrogen (secondary N) is 2. The SMILES string of the molecule is CCN=C(NC1CCN(CCOC)CC1)NC1CC1c1ccccc1F. The fourth-order valence-electron chi connectivity index (χ4n) is 3.66. The molecule has 3 rings (SSSR count). The molecule has 1 heterocycles. The summed E-state index contributed by atoms with van der Waals surface area (Å²) in [4.78, 5) is 7.03. The van der Waals surface area contributed by atoms with Crippen LogP contribution in [0.25, 0.3) is 0 Å². The Morgan fingerprint density at radius 3 is 2.73 bits per heavy atom. The van der Waals surface area contributed by atoms with E-state index in [4.69, 9.17) is 4.74 Å². The molecule has 2 unspecified atom stereocenters. The van der Waals surface area contributed by atoms with Crippen LogP contribution in [0.3, 0.4) is 0 Å². The molecule has 0 amide bonds. The summed E-state index contributed by atoms with van der Waals surface area (Å²) in [6.07, 6.45) is 3.17. The van der Waals surface area contributed by atoms with Crippen LogP contribution in [0.2, 0.25) is 0 Å². The van der Waals surface area contributed by atoms with E-state index in [1.54, 1.807) is 19.2 Å². The van der Waals surface area contributed by atoms with Crippen molar-refractivity contribution in [2.45, 2.75) is 44.2 Å². The van der Waals surface area contributed by atoms with E-state index in [2.05, 4.69) is 20.5 Å². The van der Waals surface area contributed by atoms with Crippen molar-refractivity contribution in [3.63, 3.8) is 0 Å². The Balaban J connectivity index is 1.47. The van der Waals surface area contributed by atoms with Crippen molar-refractivity contribution in [2.75, 3.05) is 39.9 Å². The molecule has 2 fully saturated rings. The molecule has 1 saturated carbocycles. The summed E-state index contributed by atoms with van der Waals surface area (Å²) in [6, 6.07) is 7.80. The summed E-state index contributed by atoms with van der Waals surface area (Å²) >= 11 is 0. The molecule has 0 aromatic heterocycles. The number of aliphatic imine (C=N–C) groups is 1. The van der Waals surface area contributed by atoms with Crippen molar-refractivity contribution in [1.82, 2.24) is 15.5 Å². The number of halogens is 1. The van der Waals surface area contributed by atoms with Gasteiger partial charge in [0.15, 0.2) is 5.96 Å². The van der Waals surface area contributed by atoms with Crippen molar-refractivity contribution in [3.8, 4) is 0 Å². The number of hydrogen-bond donors (Lipinski definition) is 2. The number of piperidine rings is 1. The van der Waals surface area contributed by atoms with Gasteiger partial charge in [0.25, 0.3) is 0 Å². The normalized spacial score (nSPS) is 24.5. The van der Waals surface area contributed by atoms with Gasteiger partial charge in [-0.1, -0.05) is 18.2 Å². The number of methoxy groups -OCH3 is 1. The number of guanidine groups is 1. The second kappa shape index (κ2) is 9.33. The lowest BCUT2D eigenvalue weighted by Crippen LogP contribution is -2.49. The maximum Gasteiger partial charge on any atom is 0.191 e. The van der Waals surface area contributed by atoms with Crippen LogP contribution in [0.5, 0.6) is 0 Å². The summed E-state index contributed by atoms with van der Waals surface area (Å²) in [5.74, 6) is 1.01. The largest absolute Gasteiger partial charge is 0.383 e. The Bertz CT molecular complexity index is 601. The fourth-order valence-corrected chi connectivity index (χ4v) is 3.66. The van der Waals surface area contributed by atoms with Crippen LogP contribution in [-0.4, -0.2) is 62.8 Å². The molecule has 0 spiro atoms. The summed E-state index contributed by atoms with van der Waals surface area (Å²) in [6.45, 7) is 6.74. The third-order valence-corrected chi connectivity index (χ3v) is 5.27. The van der Waals surface area contributed by atoms with Crippen LogP contribution < -0.4 is 10.6 Å². The van der Waals surface area contributed by atoms with Crippen molar-refractivity contribution in [1.29, 1.82) is 0 Å². The van der Waals surface area contributed by atoms with E-state index in [0.29, 0.717) is 6.04 Å². The van der Waals surface area contributed by atoms with Crippen molar-refractivity contribution >= 4 is 5.96 Å². The van der Waals surface area contributed by atoms with Gasteiger partial charge in [-0.3, -0.25) is 4.99 Å². The van der Waals surface area contributed by atoms with E-state index in [9.17, 15) is 4.39 Å². The van der Waals surface area contributed by atoms with Gasteiger partial charge < -0.3 is 20.3 Å². The van der Waals surface area contributed by atoms with Gasteiger partial charge >= 0.3 is 0 Å². The molecule has 6 heteroatoms. The molecule has 144 valence electrons. The first-order valence-electron chi connectivity index (χ1n) is 9.74. The number of benzene rings is 1. The minimum absolute atomic E-state index is 0.104. The zero-order chi connectivity index (χ0) is 18.4. The van der Waals surface area contributed by atoms with Gasteiger partial charge in [0.05, 0.1) is 6.61 Å². The number of nitrogens with zero attached hydrogens (tertiary/aromatic N) is 2. The van der Waals surface area contributed by atoms with Crippen LogP contribution in [0.4, 0.5) is 4.39 Å². The van der Waals surface area contributed by atoms with Crippen LogP contribution in [0.15, 0.2) is 29.3 Å². The maximum atomic E-state index is 13.9. The third kappa shape index (κ3) is 5.17. The summed E-state index contributed by atoms with van der Waals surface area (Å²) in [5.41, 5.74) is 0.812. The smallest absolute Gasteiger partial charge is 0.191 e. The molecule has 1 aromatic carbocycles. The molecule has 0 bridgehead atoms. The zero-order valence-corrected chi connectivity index (χ0v) is 15.9. The highest BCUT2D eigenvalue weighted by molar-refractivity contribution is 5.81. The first-order valence-corrected chi connectivity index (χ1v) is 9.74. The predicted octanol–water partition coefficient (Wildman–Crippen LogP) is 2.35. The van der Waals surface area contributed by atoms with Crippen LogP contribution >= 0.6 is 0 Å². The minimum atomic E-state index is -0.104. The van der Waals surface area contributed by atoms with Crippen LogP contribution in [-0.2, 0) is 4.74 Å². The molecule has 2 aliphatic rings. The highest BCUT2D eigenvalue weighted by Gasteiger charge is 2.40. The molecule has 5 nitrogen and oxygen atoms in total. The van der Waals surface area contributed by atoms with E-state index >= 15 is 0 Å². The lowest BCUT2D eigenvalue weighted by atomic mass is 10.1. The van der Waals surface area contributed by atoms with Crippen LogP contribution in [0, 0.1) is 5.82 Å². The van der Waals surface area contributed by atoms with Gasteiger partial charge in [0.2, 0.25) is 0 Å². The lowest BCUT2D eigenvalue weighted by molar-refractivity contribution is 0.128. The molecule has 1 aromatic rings. The number of ether oxygens (including phenoxy) is 1. The van der Waals surface area contributed by atoms with E-state index < -0.39 is 0 Å². The van der Waals surface area contributed by atoms with E-state index in [1.807, 2.05) is 19.1 Å². The molecule has 1 saturated heterocycles. The average molecular weight is 362 g/mol. The van der Waals surface area contributed by atoms with Gasteiger partial charge in [-0.15, -0.1) is 0 Å². The Hall–Kier alpha value is -1.66. The third-order valence-electron chi connectivity index (χ3n) is 5.27. The molecule has 1 aliphatic heterocycles. The molecule has 2 atom stereocenters. The quantitative estimate of drug-likeness (QED) is 0.577. The number of rotatable bonds is 7. The maximum absolute atomic E-state index is 13.9. The number of hydrogen-bond acceptors (Lipinski definition) is 3. The van der Waals surface area contributed by atoms with Gasteiger partial charge in [-0.25, -0.2) is 4.39 Å². The first kappa shape index (κ1) is 19.1. The first-order chi connectivity index (χ1) is 12.7. The van der Waals surface area contributed by atoms with Crippen molar-refractivity contribution < 1.29 is 9.13 Å². The minimum Gasteiger partial charge on any atom is -0.383 e. The monoisotopic (exact) mass is 362 g/mol. The number of likely N-dealkylation sites (tertiary alicyclic amines) is 1. The van der Waals surface area contributed by atoms with E-state index in [0.717, 1.165) is 63.6 Å². The van der Waals surface area contributed by atoms with Gasteiger partial charge in [0, 0.05) is 51.3 Å². The summed E-state index contributed by atoms with van der Waals surface area (Å²) < 4.78 is 19.1. The molecular formula is C20H31FN4O. The van der Waals surface area contributed by atoms with E-state index in [1.165, 1.54) is 0 Å². The van der Waals surface area contributed by atoms with Gasteiger partial charge in [-0.2, -0.15) is 0 Å². The Kier molecular flexibility index (Phi) is 6.86. The second-order valence-corrected chi connectivity index (χ2v) is 7.19. The van der Waals surface area contributed by atoms with Gasteiger partial charge in [0.1, 0.15) is 5.82 Å². The van der Waals surface area contributed by atoms with Crippen LogP contribution in [0.1, 0.15) is 37.7 Å². The highest BCUT2D eigenvalue weighted by Crippen LogP contribution is 2.41. The molecule has 1 aliphatic carbocycles. The standard InChI is InChI=1S/C20H31FN4O/c1-3-22-20(23-15-8-10-25(11-9-15)12-13-26-2)24-19-14-17(19)16-6-4-5-7-18(16)21/h4-7,15,17,19H,3,8-14H2,1-2H3,(H2,22,23,24). The molecule has 2 N–H and O–H groups in total. The van der Waals surface area contributed by atoms with Crippen molar-refractivity contribution in [2.24, 2.45) is 4.99 Å². The predicted molar refractivity (Wildman–Crippen MR) is 103 cm³/mol. The average Bonchev–Trinajstić information content (AvgIpc) is 3.40. The zero-order valence-electron chi connectivity index (χ0n) is 15.9. The Labute approximate surface area is 156 Å². The molecular weight excluding hydrogens is 331 g/mol. The Morgan fingerprint density at radius 1 is 1.27 bits per heavy atom. The molecule has 26 heavy (non-hydrogen) atoms. The molecule has 0 radical (unpaired) electrons. The van der Waals surface area contributed by atoms with Crippen molar-refractivity contribution in [3.05, 3.63) is 35.6 Å². The van der Waals surface area contributed by atoms with E-state index in [-0.39, 0.29) is 17.8 Å². The highest BCUT2D eigenvalue weighted by atomic mass is 19.1. The lowest BCUT2D eigenvalue weighted by Gasteiger charge is -2.33. The second-order valence-electron chi connectivity index (χ2n) is 7.19. The summed E-state index contributed by atoms with van der Waals surface area (Å²) in [5, 5.41) is 7.08. The topological polar surface area (TPSA) is 48.9 Å². The Morgan fingerprint density at radius 2 is 2.04 bits per heavy atom. The summed E-state index contributed by atoms with van der Waals surface area (Å²) in [7, 11) is 1.75. The fraction of sp³-hybridized carbons (Fsp3) is 0.650. The van der Waals surface area contributed by atoms with Gasteiger partial charge in [-0.05, 0) is 37.8 Å².